The summed E-state index contributed by atoms with van der Waals surface area (Å²) in [6, 6.07) is 5.83. The van der Waals surface area contributed by atoms with Gasteiger partial charge in [0.05, 0.1) is 0 Å². The van der Waals surface area contributed by atoms with Gasteiger partial charge in [0.2, 0.25) is 5.91 Å². The van der Waals surface area contributed by atoms with E-state index in [1.807, 2.05) is 40.6 Å². The van der Waals surface area contributed by atoms with E-state index in [4.69, 9.17) is 0 Å². The van der Waals surface area contributed by atoms with E-state index in [9.17, 15) is 4.79 Å². The van der Waals surface area contributed by atoms with Gasteiger partial charge in [0, 0.05) is 38.8 Å². The molecule has 8 heteroatoms. The lowest BCUT2D eigenvalue weighted by Gasteiger charge is -2.15. The molecule has 2 N–H and O–H groups in total. The first-order valence-corrected chi connectivity index (χ1v) is 8.86. The van der Waals surface area contributed by atoms with Crippen LogP contribution in [0.5, 0.6) is 0 Å². The standard InChI is InChI=1S/C17H25N7O/c1-2-18-17(20-13-16(25)23-10-5-6-11-23)19-9-8-15-22-21-14-7-3-4-12-24(14)15/h3-4,7,12H,2,5-6,8-11,13H2,1H3,(H2,18,19,20). The third-order valence-corrected chi connectivity index (χ3v) is 4.20. The van der Waals surface area contributed by atoms with Crippen LogP contribution in [0.15, 0.2) is 29.4 Å². The van der Waals surface area contributed by atoms with Gasteiger partial charge in [0.25, 0.3) is 0 Å². The lowest BCUT2D eigenvalue weighted by molar-refractivity contribution is -0.128. The van der Waals surface area contributed by atoms with E-state index in [1.54, 1.807) is 0 Å². The second-order valence-electron chi connectivity index (χ2n) is 6.00. The smallest absolute Gasteiger partial charge is 0.244 e. The van der Waals surface area contributed by atoms with Gasteiger partial charge in [-0.25, -0.2) is 4.99 Å². The van der Waals surface area contributed by atoms with E-state index in [0.717, 1.165) is 50.4 Å². The minimum absolute atomic E-state index is 0.0955. The fourth-order valence-corrected chi connectivity index (χ4v) is 2.91. The lowest BCUT2D eigenvalue weighted by atomic mass is 10.4. The Kier molecular flexibility index (Phi) is 5.81. The van der Waals surface area contributed by atoms with Gasteiger partial charge in [0.1, 0.15) is 12.4 Å². The van der Waals surface area contributed by atoms with Crippen molar-refractivity contribution in [2.24, 2.45) is 4.99 Å². The Morgan fingerprint density at radius 2 is 2.08 bits per heavy atom. The summed E-state index contributed by atoms with van der Waals surface area (Å²) in [5.74, 6) is 1.65. The molecule has 0 saturated carbocycles. The number of rotatable bonds is 6. The maximum Gasteiger partial charge on any atom is 0.244 e. The van der Waals surface area contributed by atoms with Crippen LogP contribution in [0.2, 0.25) is 0 Å². The van der Waals surface area contributed by atoms with E-state index in [1.165, 1.54) is 0 Å². The number of amides is 1. The van der Waals surface area contributed by atoms with E-state index in [2.05, 4.69) is 25.8 Å². The van der Waals surface area contributed by atoms with Crippen LogP contribution in [0.4, 0.5) is 0 Å². The molecule has 1 aliphatic heterocycles. The van der Waals surface area contributed by atoms with Crippen molar-refractivity contribution in [3.8, 4) is 0 Å². The molecule has 0 atom stereocenters. The van der Waals surface area contributed by atoms with Crippen molar-refractivity contribution in [3.63, 3.8) is 0 Å². The lowest BCUT2D eigenvalue weighted by Crippen LogP contribution is -2.39. The first-order chi connectivity index (χ1) is 12.3. The molecule has 2 aromatic rings. The fourth-order valence-electron chi connectivity index (χ4n) is 2.91. The largest absolute Gasteiger partial charge is 0.357 e. The summed E-state index contributed by atoms with van der Waals surface area (Å²) in [7, 11) is 0. The van der Waals surface area contributed by atoms with Crippen molar-refractivity contribution in [1.29, 1.82) is 0 Å². The number of carbonyl (C=O) groups is 1. The van der Waals surface area contributed by atoms with E-state index < -0.39 is 0 Å². The molecule has 25 heavy (non-hydrogen) atoms. The summed E-state index contributed by atoms with van der Waals surface area (Å²) < 4.78 is 1.97. The van der Waals surface area contributed by atoms with Crippen LogP contribution in [0.3, 0.4) is 0 Å². The summed E-state index contributed by atoms with van der Waals surface area (Å²) in [6.07, 6.45) is 4.87. The number of fused-ring (bicyclic) bond motifs is 1. The molecule has 8 nitrogen and oxygen atoms in total. The highest BCUT2D eigenvalue weighted by atomic mass is 16.2. The van der Waals surface area contributed by atoms with Gasteiger partial charge in [0.15, 0.2) is 11.6 Å². The molecule has 2 aromatic heterocycles. The monoisotopic (exact) mass is 343 g/mol. The predicted molar refractivity (Wildman–Crippen MR) is 96.5 cm³/mol. The number of aromatic nitrogens is 3. The Morgan fingerprint density at radius 1 is 1.24 bits per heavy atom. The highest BCUT2D eigenvalue weighted by molar-refractivity contribution is 5.85. The Labute approximate surface area is 147 Å². The molecule has 1 fully saturated rings. The highest BCUT2D eigenvalue weighted by Crippen LogP contribution is 2.07. The summed E-state index contributed by atoms with van der Waals surface area (Å²) in [5, 5.41) is 14.8. The van der Waals surface area contributed by atoms with Gasteiger partial charge in [-0.15, -0.1) is 10.2 Å². The topological polar surface area (TPSA) is 86.9 Å². The molecule has 0 unspecified atom stereocenters. The SMILES string of the molecule is CCNC(=NCC(=O)N1CCCC1)NCCc1nnc2ccccn12. The van der Waals surface area contributed by atoms with Crippen LogP contribution in [-0.2, 0) is 11.2 Å². The molecular weight excluding hydrogens is 318 g/mol. The number of nitrogens with zero attached hydrogens (tertiary/aromatic N) is 5. The average molecular weight is 343 g/mol. The Balaban J connectivity index is 1.52. The highest BCUT2D eigenvalue weighted by Gasteiger charge is 2.17. The summed E-state index contributed by atoms with van der Waals surface area (Å²) in [5.41, 5.74) is 0.842. The van der Waals surface area contributed by atoms with Crippen molar-refractivity contribution in [3.05, 3.63) is 30.2 Å². The second-order valence-corrected chi connectivity index (χ2v) is 6.00. The van der Waals surface area contributed by atoms with Crippen LogP contribution in [0.1, 0.15) is 25.6 Å². The minimum atomic E-state index is 0.0955. The van der Waals surface area contributed by atoms with E-state index >= 15 is 0 Å². The Hall–Kier alpha value is -2.64. The van der Waals surface area contributed by atoms with Crippen molar-refractivity contribution < 1.29 is 4.79 Å². The first-order valence-electron chi connectivity index (χ1n) is 8.86. The number of guanidine groups is 1. The van der Waals surface area contributed by atoms with Crippen LogP contribution in [-0.4, -0.2) is 64.1 Å². The molecule has 0 radical (unpaired) electrons. The van der Waals surface area contributed by atoms with Gasteiger partial charge in [-0.05, 0) is 31.9 Å². The number of pyridine rings is 1. The minimum Gasteiger partial charge on any atom is -0.357 e. The number of hydrogen-bond acceptors (Lipinski definition) is 4. The Bertz CT molecular complexity index is 733. The molecule has 134 valence electrons. The molecule has 1 amide bonds. The average Bonchev–Trinajstić information content (AvgIpc) is 3.30. The Morgan fingerprint density at radius 3 is 2.88 bits per heavy atom. The summed E-state index contributed by atoms with van der Waals surface area (Å²) >= 11 is 0. The van der Waals surface area contributed by atoms with Gasteiger partial charge in [-0.1, -0.05) is 6.07 Å². The van der Waals surface area contributed by atoms with Crippen molar-refractivity contribution in [2.75, 3.05) is 32.7 Å². The number of carbonyl (C=O) groups excluding carboxylic acids is 1. The van der Waals surface area contributed by atoms with Gasteiger partial charge >= 0.3 is 0 Å². The maximum absolute atomic E-state index is 12.1. The van der Waals surface area contributed by atoms with Gasteiger partial charge < -0.3 is 15.5 Å². The normalized spacial score (nSPS) is 14.9. The molecule has 3 rings (SSSR count). The fraction of sp³-hybridized carbons (Fsp3) is 0.529. The molecule has 1 saturated heterocycles. The maximum atomic E-state index is 12.1. The molecule has 0 aliphatic carbocycles. The predicted octanol–water partition coefficient (Wildman–Crippen LogP) is 0.449. The molecule has 0 aromatic carbocycles. The molecule has 0 bridgehead atoms. The first kappa shape index (κ1) is 17.2. The zero-order valence-electron chi connectivity index (χ0n) is 14.6. The summed E-state index contributed by atoms with van der Waals surface area (Å²) in [6.45, 7) is 5.32. The van der Waals surface area contributed by atoms with Crippen molar-refractivity contribution >= 4 is 17.5 Å². The number of hydrogen-bond donors (Lipinski definition) is 2. The van der Waals surface area contributed by atoms with Crippen LogP contribution in [0, 0.1) is 0 Å². The third-order valence-electron chi connectivity index (χ3n) is 4.20. The van der Waals surface area contributed by atoms with Crippen LogP contribution >= 0.6 is 0 Å². The second kappa shape index (κ2) is 8.46. The molecule has 0 spiro atoms. The molecule has 1 aliphatic rings. The number of aliphatic imine (C=N–C) groups is 1. The summed E-state index contributed by atoms with van der Waals surface area (Å²) in [4.78, 5) is 18.4. The van der Waals surface area contributed by atoms with Crippen molar-refractivity contribution in [2.45, 2.75) is 26.2 Å². The molecular formula is C17H25N7O. The van der Waals surface area contributed by atoms with Crippen LogP contribution in [0.25, 0.3) is 5.65 Å². The van der Waals surface area contributed by atoms with Crippen LogP contribution < -0.4 is 10.6 Å². The van der Waals surface area contributed by atoms with Crippen molar-refractivity contribution in [1.82, 2.24) is 30.1 Å². The number of likely N-dealkylation sites (tertiary alicyclic amines) is 1. The third kappa shape index (κ3) is 4.46. The molecule has 3 heterocycles. The van der Waals surface area contributed by atoms with Gasteiger partial charge in [-0.2, -0.15) is 0 Å². The zero-order chi connectivity index (χ0) is 17.5. The van der Waals surface area contributed by atoms with E-state index in [-0.39, 0.29) is 12.5 Å². The van der Waals surface area contributed by atoms with E-state index in [0.29, 0.717) is 12.5 Å². The zero-order valence-corrected chi connectivity index (χ0v) is 14.6. The van der Waals surface area contributed by atoms with Gasteiger partial charge in [-0.3, -0.25) is 9.20 Å². The quantitative estimate of drug-likeness (QED) is 0.587. The number of nitrogens with one attached hydrogen (secondary N) is 2.